The number of ketones is 2. The van der Waals surface area contributed by atoms with Crippen LogP contribution in [0.4, 0.5) is 0 Å². The number of carbonyl (C=O) groups excluding carboxylic acids is 2. The van der Waals surface area contributed by atoms with E-state index in [9.17, 15) is 9.59 Å². The van der Waals surface area contributed by atoms with Crippen molar-refractivity contribution >= 4 is 11.6 Å². The minimum Gasteiger partial charge on any atom is -0.364 e. The molecule has 0 aliphatic carbocycles. The van der Waals surface area contributed by atoms with E-state index in [0.717, 1.165) is 50.6 Å². The van der Waals surface area contributed by atoms with Crippen LogP contribution in [0.2, 0.25) is 0 Å². The van der Waals surface area contributed by atoms with Gasteiger partial charge in [0.05, 0.1) is 6.42 Å². The maximum Gasteiger partial charge on any atom is 0.267 e. The number of carbonyl (C=O) groups is 2. The smallest absolute Gasteiger partial charge is 0.267 e. The van der Waals surface area contributed by atoms with Gasteiger partial charge in [-0.15, -0.1) is 5.10 Å². The molecule has 0 spiro atoms. The van der Waals surface area contributed by atoms with E-state index in [-0.39, 0.29) is 12.2 Å². The van der Waals surface area contributed by atoms with Gasteiger partial charge in [0, 0.05) is 11.9 Å². The average molecular weight is 421 g/mol. The van der Waals surface area contributed by atoms with Crippen molar-refractivity contribution in [3.63, 3.8) is 0 Å². The number of nitrogens with one attached hydrogen (secondary N) is 2. The van der Waals surface area contributed by atoms with E-state index >= 15 is 0 Å². The highest BCUT2D eigenvalue weighted by Gasteiger charge is 2.23. The normalized spacial score (nSPS) is 12.1. The molecule has 164 valence electrons. The molecule has 31 heavy (non-hydrogen) atoms. The van der Waals surface area contributed by atoms with Gasteiger partial charge in [0.2, 0.25) is 11.6 Å². The number of aromatic amines is 2. The standard InChI is InChI=1S/C25H32N4O2/c1-3-4-8-20(9-6-5-7-19-12-10-18(2)11-13-19)21-14-15-26-22(21)16-23(30)24(31)25-27-17-28-29-25/h10-15,17,20,26H,3-9,16H2,1-2H3,(H,27,28,29). The van der Waals surface area contributed by atoms with E-state index in [1.54, 1.807) is 0 Å². The summed E-state index contributed by atoms with van der Waals surface area (Å²) in [5, 5.41) is 6.21. The summed E-state index contributed by atoms with van der Waals surface area (Å²) in [6.07, 6.45) is 11.1. The van der Waals surface area contributed by atoms with E-state index in [2.05, 4.69) is 64.3 Å². The minimum atomic E-state index is -0.648. The average Bonchev–Trinajstić information content (AvgIpc) is 3.46. The Labute approximate surface area is 183 Å². The zero-order chi connectivity index (χ0) is 22.1. The number of Topliss-reactive ketones (excluding diaryl/α,β-unsaturated/α-hetero) is 2. The van der Waals surface area contributed by atoms with Crippen molar-refractivity contribution in [3.05, 3.63) is 71.1 Å². The molecule has 0 radical (unpaired) electrons. The van der Waals surface area contributed by atoms with E-state index in [0.29, 0.717) is 5.92 Å². The van der Waals surface area contributed by atoms with Crippen LogP contribution in [-0.2, 0) is 17.6 Å². The molecule has 1 unspecified atom stereocenters. The first kappa shape index (κ1) is 22.7. The topological polar surface area (TPSA) is 91.5 Å². The maximum absolute atomic E-state index is 12.5. The summed E-state index contributed by atoms with van der Waals surface area (Å²) in [6.45, 7) is 4.31. The van der Waals surface area contributed by atoms with Crippen molar-refractivity contribution in [2.75, 3.05) is 0 Å². The highest BCUT2D eigenvalue weighted by atomic mass is 16.2. The number of hydrogen-bond acceptors (Lipinski definition) is 4. The summed E-state index contributed by atoms with van der Waals surface area (Å²) in [7, 11) is 0. The van der Waals surface area contributed by atoms with E-state index in [1.165, 1.54) is 23.0 Å². The van der Waals surface area contributed by atoms with Crippen LogP contribution in [0, 0.1) is 6.92 Å². The lowest BCUT2D eigenvalue weighted by Crippen LogP contribution is -2.19. The molecule has 1 atom stereocenters. The molecule has 0 saturated heterocycles. The molecule has 6 nitrogen and oxygen atoms in total. The highest BCUT2D eigenvalue weighted by molar-refractivity contribution is 6.43. The fourth-order valence-electron chi connectivity index (χ4n) is 4.02. The van der Waals surface area contributed by atoms with Crippen LogP contribution in [0.25, 0.3) is 0 Å². The molecule has 2 aromatic heterocycles. The summed E-state index contributed by atoms with van der Waals surface area (Å²) in [5.74, 6) is -0.815. The first-order valence-electron chi connectivity index (χ1n) is 11.2. The summed E-state index contributed by atoms with van der Waals surface area (Å²) in [6, 6.07) is 10.8. The first-order valence-corrected chi connectivity index (χ1v) is 11.2. The van der Waals surface area contributed by atoms with Gasteiger partial charge in [-0.1, -0.05) is 56.0 Å². The molecular formula is C25H32N4O2. The van der Waals surface area contributed by atoms with Crippen LogP contribution in [0.5, 0.6) is 0 Å². The largest absolute Gasteiger partial charge is 0.364 e. The van der Waals surface area contributed by atoms with Gasteiger partial charge in [-0.25, -0.2) is 4.98 Å². The van der Waals surface area contributed by atoms with Crippen LogP contribution in [0.15, 0.2) is 42.9 Å². The number of nitrogens with zero attached hydrogens (tertiary/aromatic N) is 2. The molecule has 2 heterocycles. The van der Waals surface area contributed by atoms with Crippen molar-refractivity contribution in [1.82, 2.24) is 20.2 Å². The summed E-state index contributed by atoms with van der Waals surface area (Å²) in [5.41, 5.74) is 4.68. The van der Waals surface area contributed by atoms with Crippen molar-refractivity contribution < 1.29 is 9.59 Å². The molecule has 0 fully saturated rings. The van der Waals surface area contributed by atoms with Gasteiger partial charge in [0.15, 0.2) is 0 Å². The van der Waals surface area contributed by atoms with Gasteiger partial charge in [0.25, 0.3) is 5.78 Å². The Kier molecular flexibility index (Phi) is 8.33. The molecule has 0 bridgehead atoms. The molecule has 0 amide bonds. The predicted octanol–water partition coefficient (Wildman–Crippen LogP) is 5.12. The van der Waals surface area contributed by atoms with Gasteiger partial charge < -0.3 is 4.98 Å². The quantitative estimate of drug-likeness (QED) is 0.228. The second kappa shape index (κ2) is 11.4. The lowest BCUT2D eigenvalue weighted by Gasteiger charge is -2.18. The van der Waals surface area contributed by atoms with E-state index in [1.807, 2.05) is 6.20 Å². The molecule has 1 aromatic carbocycles. The Hall–Kier alpha value is -3.02. The van der Waals surface area contributed by atoms with Gasteiger partial charge >= 0.3 is 0 Å². The number of aromatic nitrogens is 4. The number of hydrogen-bond donors (Lipinski definition) is 2. The number of benzene rings is 1. The molecule has 3 aromatic rings. The maximum atomic E-state index is 12.5. The Morgan fingerprint density at radius 2 is 1.81 bits per heavy atom. The van der Waals surface area contributed by atoms with Gasteiger partial charge in [-0.05, 0) is 55.7 Å². The number of unbranched alkanes of at least 4 members (excludes halogenated alkanes) is 2. The fraction of sp³-hybridized carbons (Fsp3) is 0.440. The first-order chi connectivity index (χ1) is 15.1. The lowest BCUT2D eigenvalue weighted by molar-refractivity contribution is -0.114. The van der Waals surface area contributed by atoms with Crippen LogP contribution in [0.1, 0.15) is 84.4 Å². The third kappa shape index (κ3) is 6.48. The number of rotatable bonds is 13. The Balaban J connectivity index is 1.59. The van der Waals surface area contributed by atoms with Crippen LogP contribution >= 0.6 is 0 Å². The Morgan fingerprint density at radius 3 is 2.52 bits per heavy atom. The van der Waals surface area contributed by atoms with Crippen LogP contribution in [0.3, 0.4) is 0 Å². The van der Waals surface area contributed by atoms with Crippen LogP contribution < -0.4 is 0 Å². The lowest BCUT2D eigenvalue weighted by atomic mass is 9.87. The zero-order valence-electron chi connectivity index (χ0n) is 18.5. The molecule has 2 N–H and O–H groups in total. The van der Waals surface area contributed by atoms with Crippen molar-refractivity contribution in [1.29, 1.82) is 0 Å². The molecule has 3 rings (SSSR count). The molecule has 0 saturated carbocycles. The van der Waals surface area contributed by atoms with Gasteiger partial charge in [-0.3, -0.25) is 14.7 Å². The number of aryl methyl sites for hydroxylation is 2. The highest BCUT2D eigenvalue weighted by Crippen LogP contribution is 2.30. The summed E-state index contributed by atoms with van der Waals surface area (Å²) in [4.78, 5) is 31.7. The van der Waals surface area contributed by atoms with E-state index in [4.69, 9.17) is 0 Å². The summed E-state index contributed by atoms with van der Waals surface area (Å²) < 4.78 is 0. The fourth-order valence-corrected chi connectivity index (χ4v) is 4.02. The molecule has 0 aliphatic heterocycles. The second-order valence-corrected chi connectivity index (χ2v) is 8.23. The van der Waals surface area contributed by atoms with Crippen LogP contribution in [-0.4, -0.2) is 31.7 Å². The van der Waals surface area contributed by atoms with Gasteiger partial charge in [0.1, 0.15) is 6.33 Å². The monoisotopic (exact) mass is 420 g/mol. The zero-order valence-corrected chi connectivity index (χ0v) is 18.5. The van der Waals surface area contributed by atoms with E-state index < -0.39 is 11.6 Å². The Morgan fingerprint density at radius 1 is 1.03 bits per heavy atom. The van der Waals surface area contributed by atoms with Crippen molar-refractivity contribution in [2.45, 2.75) is 71.1 Å². The third-order valence-electron chi connectivity index (χ3n) is 5.81. The number of H-pyrrole nitrogens is 2. The molecule has 6 heteroatoms. The SMILES string of the molecule is CCCCC(CCCCc1ccc(C)cc1)c1cc[nH]c1CC(=O)C(=O)c1nc[nH]n1. The summed E-state index contributed by atoms with van der Waals surface area (Å²) >= 11 is 0. The second-order valence-electron chi connectivity index (χ2n) is 8.23. The Bertz CT molecular complexity index is 958. The predicted molar refractivity (Wildman–Crippen MR) is 121 cm³/mol. The van der Waals surface area contributed by atoms with Crippen molar-refractivity contribution in [3.8, 4) is 0 Å². The molecule has 0 aliphatic rings. The third-order valence-corrected chi connectivity index (χ3v) is 5.81. The minimum absolute atomic E-state index is 0.0572. The van der Waals surface area contributed by atoms with Crippen molar-refractivity contribution in [2.24, 2.45) is 0 Å². The molecular weight excluding hydrogens is 388 g/mol. The van der Waals surface area contributed by atoms with Gasteiger partial charge in [-0.2, -0.15) is 0 Å².